The van der Waals surface area contributed by atoms with E-state index < -0.39 is 0 Å². The van der Waals surface area contributed by atoms with Gasteiger partial charge < -0.3 is 10.4 Å². The minimum Gasteiger partial charge on any atom is -0.393 e. The molecule has 96 valence electrons. The molecule has 1 aliphatic rings. The molecule has 0 saturated heterocycles. The van der Waals surface area contributed by atoms with Gasteiger partial charge in [0.15, 0.2) is 0 Å². The standard InChI is InChI=1S/C14H29NO/c1-4-14(16)9-10-15-13-7-5-12(6-8-13)11(2)3/h11-16H,4-10H2,1-3H3. The predicted molar refractivity (Wildman–Crippen MR) is 69.5 cm³/mol. The van der Waals surface area contributed by atoms with Crippen molar-refractivity contribution in [3.8, 4) is 0 Å². The Kier molecular flexibility index (Phi) is 6.37. The molecule has 0 aromatic carbocycles. The molecule has 0 heterocycles. The van der Waals surface area contributed by atoms with Gasteiger partial charge in [0.05, 0.1) is 6.10 Å². The van der Waals surface area contributed by atoms with Crippen LogP contribution in [0.4, 0.5) is 0 Å². The summed E-state index contributed by atoms with van der Waals surface area (Å²) in [5.74, 6) is 1.79. The third kappa shape index (κ3) is 4.84. The van der Waals surface area contributed by atoms with Crippen LogP contribution in [-0.2, 0) is 0 Å². The molecule has 1 aliphatic carbocycles. The van der Waals surface area contributed by atoms with Crippen LogP contribution >= 0.6 is 0 Å². The summed E-state index contributed by atoms with van der Waals surface area (Å²) in [5, 5.41) is 13.0. The fraction of sp³-hybridized carbons (Fsp3) is 1.00. The van der Waals surface area contributed by atoms with E-state index in [1.54, 1.807) is 0 Å². The maximum Gasteiger partial charge on any atom is 0.0549 e. The first kappa shape index (κ1) is 14.0. The number of rotatable bonds is 6. The van der Waals surface area contributed by atoms with Gasteiger partial charge in [0.1, 0.15) is 0 Å². The molecule has 1 fully saturated rings. The molecule has 1 unspecified atom stereocenters. The van der Waals surface area contributed by atoms with Crippen molar-refractivity contribution in [2.45, 2.75) is 71.4 Å². The van der Waals surface area contributed by atoms with E-state index in [0.717, 1.165) is 31.2 Å². The molecule has 0 aliphatic heterocycles. The molecule has 0 amide bonds. The van der Waals surface area contributed by atoms with Crippen LogP contribution in [0.25, 0.3) is 0 Å². The predicted octanol–water partition coefficient (Wildman–Crippen LogP) is 2.95. The second-order valence-corrected chi connectivity index (χ2v) is 5.66. The van der Waals surface area contributed by atoms with Gasteiger partial charge in [-0.25, -0.2) is 0 Å². The highest BCUT2D eigenvalue weighted by molar-refractivity contribution is 4.78. The quantitative estimate of drug-likeness (QED) is 0.731. The van der Waals surface area contributed by atoms with Crippen LogP contribution in [0.3, 0.4) is 0 Å². The maximum atomic E-state index is 9.46. The Balaban J connectivity index is 2.08. The second-order valence-electron chi connectivity index (χ2n) is 5.66. The molecular formula is C14H29NO. The number of aliphatic hydroxyl groups excluding tert-OH is 1. The Morgan fingerprint density at radius 2 is 1.81 bits per heavy atom. The lowest BCUT2D eigenvalue weighted by Crippen LogP contribution is -2.35. The summed E-state index contributed by atoms with van der Waals surface area (Å²) in [6, 6.07) is 0.707. The van der Waals surface area contributed by atoms with E-state index in [4.69, 9.17) is 0 Å². The largest absolute Gasteiger partial charge is 0.393 e. The third-order valence-corrected chi connectivity index (χ3v) is 4.10. The summed E-state index contributed by atoms with van der Waals surface area (Å²) in [5.41, 5.74) is 0. The van der Waals surface area contributed by atoms with Crippen LogP contribution in [0.15, 0.2) is 0 Å². The molecule has 2 N–H and O–H groups in total. The lowest BCUT2D eigenvalue weighted by atomic mass is 9.80. The highest BCUT2D eigenvalue weighted by Gasteiger charge is 2.22. The van der Waals surface area contributed by atoms with Crippen molar-refractivity contribution in [1.82, 2.24) is 5.32 Å². The van der Waals surface area contributed by atoms with Crippen LogP contribution in [0.5, 0.6) is 0 Å². The Morgan fingerprint density at radius 3 is 2.31 bits per heavy atom. The Labute approximate surface area is 101 Å². The normalized spacial score (nSPS) is 28.3. The first-order valence-electron chi connectivity index (χ1n) is 7.05. The van der Waals surface area contributed by atoms with Gasteiger partial charge in [-0.3, -0.25) is 0 Å². The molecule has 2 heteroatoms. The molecule has 0 spiro atoms. The highest BCUT2D eigenvalue weighted by atomic mass is 16.3. The van der Waals surface area contributed by atoms with E-state index in [1.807, 2.05) is 6.92 Å². The van der Waals surface area contributed by atoms with E-state index in [9.17, 15) is 5.11 Å². The zero-order valence-corrected chi connectivity index (χ0v) is 11.2. The van der Waals surface area contributed by atoms with Crippen LogP contribution < -0.4 is 5.32 Å². The van der Waals surface area contributed by atoms with E-state index in [-0.39, 0.29) is 6.10 Å². The average molecular weight is 227 g/mol. The van der Waals surface area contributed by atoms with Crippen LogP contribution in [0.1, 0.15) is 59.3 Å². The van der Waals surface area contributed by atoms with E-state index >= 15 is 0 Å². The Bertz CT molecular complexity index is 174. The van der Waals surface area contributed by atoms with Gasteiger partial charge in [0, 0.05) is 6.04 Å². The van der Waals surface area contributed by atoms with Crippen LogP contribution in [0.2, 0.25) is 0 Å². The summed E-state index contributed by atoms with van der Waals surface area (Å²) < 4.78 is 0. The van der Waals surface area contributed by atoms with Crippen molar-refractivity contribution in [3.05, 3.63) is 0 Å². The molecule has 1 saturated carbocycles. The van der Waals surface area contributed by atoms with Crippen LogP contribution in [-0.4, -0.2) is 23.8 Å². The van der Waals surface area contributed by atoms with Gasteiger partial charge in [0.25, 0.3) is 0 Å². The molecule has 1 rings (SSSR count). The summed E-state index contributed by atoms with van der Waals surface area (Å²) in [7, 11) is 0. The third-order valence-electron chi connectivity index (χ3n) is 4.10. The lowest BCUT2D eigenvalue weighted by molar-refractivity contribution is 0.155. The minimum atomic E-state index is -0.112. The number of aliphatic hydroxyl groups is 1. The summed E-state index contributed by atoms with van der Waals surface area (Å²) in [6.45, 7) is 7.70. The molecular weight excluding hydrogens is 198 g/mol. The molecule has 0 aromatic rings. The van der Waals surface area contributed by atoms with Crippen LogP contribution in [0, 0.1) is 11.8 Å². The summed E-state index contributed by atoms with van der Waals surface area (Å²) in [6.07, 6.45) is 7.08. The highest BCUT2D eigenvalue weighted by Crippen LogP contribution is 2.29. The number of hydrogen-bond acceptors (Lipinski definition) is 2. The summed E-state index contributed by atoms with van der Waals surface area (Å²) in [4.78, 5) is 0. The minimum absolute atomic E-state index is 0.112. The van der Waals surface area contributed by atoms with Gasteiger partial charge in [-0.2, -0.15) is 0 Å². The SMILES string of the molecule is CCC(O)CCNC1CCC(C(C)C)CC1. The van der Waals surface area contributed by atoms with Crippen molar-refractivity contribution >= 4 is 0 Å². The Morgan fingerprint density at radius 1 is 1.19 bits per heavy atom. The smallest absolute Gasteiger partial charge is 0.0549 e. The fourth-order valence-corrected chi connectivity index (χ4v) is 2.65. The van der Waals surface area contributed by atoms with Gasteiger partial charge in [-0.15, -0.1) is 0 Å². The maximum absolute atomic E-state index is 9.46. The van der Waals surface area contributed by atoms with E-state index in [0.29, 0.717) is 6.04 Å². The zero-order chi connectivity index (χ0) is 12.0. The van der Waals surface area contributed by atoms with Gasteiger partial charge >= 0.3 is 0 Å². The van der Waals surface area contributed by atoms with Gasteiger partial charge in [-0.05, 0) is 56.9 Å². The molecule has 1 atom stereocenters. The lowest BCUT2D eigenvalue weighted by Gasteiger charge is -2.31. The Hall–Kier alpha value is -0.0800. The van der Waals surface area contributed by atoms with Gasteiger partial charge in [0.2, 0.25) is 0 Å². The topological polar surface area (TPSA) is 32.3 Å². The van der Waals surface area contributed by atoms with Crippen molar-refractivity contribution in [3.63, 3.8) is 0 Å². The molecule has 2 nitrogen and oxygen atoms in total. The van der Waals surface area contributed by atoms with E-state index in [2.05, 4.69) is 19.2 Å². The molecule has 0 aromatic heterocycles. The molecule has 0 radical (unpaired) electrons. The van der Waals surface area contributed by atoms with Gasteiger partial charge in [-0.1, -0.05) is 20.8 Å². The molecule has 0 bridgehead atoms. The van der Waals surface area contributed by atoms with E-state index in [1.165, 1.54) is 25.7 Å². The number of hydrogen-bond donors (Lipinski definition) is 2. The average Bonchev–Trinajstić information content (AvgIpc) is 2.29. The number of nitrogens with one attached hydrogen (secondary N) is 1. The first-order chi connectivity index (χ1) is 7.63. The molecule has 16 heavy (non-hydrogen) atoms. The fourth-order valence-electron chi connectivity index (χ4n) is 2.65. The zero-order valence-electron chi connectivity index (χ0n) is 11.2. The van der Waals surface area contributed by atoms with Crippen molar-refractivity contribution in [1.29, 1.82) is 0 Å². The van der Waals surface area contributed by atoms with Crippen molar-refractivity contribution < 1.29 is 5.11 Å². The monoisotopic (exact) mass is 227 g/mol. The van der Waals surface area contributed by atoms with Crippen molar-refractivity contribution in [2.24, 2.45) is 11.8 Å². The van der Waals surface area contributed by atoms with Crippen molar-refractivity contribution in [2.75, 3.05) is 6.54 Å². The second kappa shape index (κ2) is 7.29. The summed E-state index contributed by atoms with van der Waals surface area (Å²) >= 11 is 0. The first-order valence-corrected chi connectivity index (χ1v) is 7.05.